The number of carbonyl (C=O) groups is 1. The van der Waals surface area contributed by atoms with Gasteiger partial charge in [-0.15, -0.1) is 10.2 Å². The van der Waals surface area contributed by atoms with E-state index in [0.29, 0.717) is 18.3 Å². The lowest BCUT2D eigenvalue weighted by Gasteiger charge is -2.05. The van der Waals surface area contributed by atoms with E-state index in [1.807, 2.05) is 41.9 Å². The van der Waals surface area contributed by atoms with E-state index in [0.717, 1.165) is 11.4 Å². The van der Waals surface area contributed by atoms with Crippen molar-refractivity contribution in [1.82, 2.24) is 20.1 Å². The Morgan fingerprint density at radius 1 is 1.29 bits per heavy atom. The normalized spacial score (nSPS) is 10.1. The molecule has 0 fully saturated rings. The molecular formula is C16H18N4O. The number of carbonyl (C=O) groups excluding carboxylic acids is 1. The molecule has 0 saturated carbocycles. The molecule has 1 aromatic carbocycles. The van der Waals surface area contributed by atoms with Gasteiger partial charge in [-0.2, -0.15) is 0 Å². The van der Waals surface area contributed by atoms with Gasteiger partial charge in [0, 0.05) is 24.4 Å². The molecule has 0 radical (unpaired) electrons. The van der Waals surface area contributed by atoms with Crippen LogP contribution in [0.2, 0.25) is 0 Å². The molecule has 0 aliphatic rings. The van der Waals surface area contributed by atoms with Gasteiger partial charge in [-0.3, -0.25) is 4.79 Å². The zero-order valence-corrected chi connectivity index (χ0v) is 12.4. The minimum Gasteiger partial charge on any atom is -0.338 e. The van der Waals surface area contributed by atoms with E-state index in [1.165, 1.54) is 0 Å². The third kappa shape index (κ3) is 3.93. The first-order valence-electron chi connectivity index (χ1n) is 6.81. The van der Waals surface area contributed by atoms with Crippen LogP contribution in [0.15, 0.2) is 30.3 Å². The second kappa shape index (κ2) is 6.71. The summed E-state index contributed by atoms with van der Waals surface area (Å²) >= 11 is 0. The molecule has 0 aliphatic carbocycles. The lowest BCUT2D eigenvalue weighted by atomic mass is 10.2. The molecule has 21 heavy (non-hydrogen) atoms. The predicted octanol–water partition coefficient (Wildman–Crippen LogP) is 1.61. The van der Waals surface area contributed by atoms with Crippen molar-refractivity contribution in [2.45, 2.75) is 26.3 Å². The SMILES string of the molecule is CC(C)c1nnc(CNC(=O)C#Cc2ccccc2)n1C. The molecule has 0 unspecified atom stereocenters. The molecule has 1 heterocycles. The summed E-state index contributed by atoms with van der Waals surface area (Å²) in [7, 11) is 1.90. The standard InChI is InChI=1S/C16H18N4O/c1-12(2)16-19-18-14(20(16)3)11-17-15(21)10-9-13-7-5-4-6-8-13/h4-8,12H,11H2,1-3H3,(H,17,21). The third-order valence-corrected chi connectivity index (χ3v) is 3.02. The van der Waals surface area contributed by atoms with E-state index in [-0.39, 0.29) is 5.91 Å². The molecule has 1 aromatic heterocycles. The molecule has 2 aromatic rings. The van der Waals surface area contributed by atoms with Crippen molar-refractivity contribution in [3.8, 4) is 11.8 Å². The van der Waals surface area contributed by atoms with Crippen molar-refractivity contribution in [3.63, 3.8) is 0 Å². The summed E-state index contributed by atoms with van der Waals surface area (Å²) in [5.41, 5.74) is 0.813. The third-order valence-electron chi connectivity index (χ3n) is 3.02. The number of benzene rings is 1. The van der Waals surface area contributed by atoms with Gasteiger partial charge in [-0.25, -0.2) is 0 Å². The molecule has 0 bridgehead atoms. The summed E-state index contributed by atoms with van der Waals surface area (Å²) in [6.07, 6.45) is 0. The summed E-state index contributed by atoms with van der Waals surface area (Å²) in [6, 6.07) is 9.39. The first-order valence-corrected chi connectivity index (χ1v) is 6.81. The zero-order valence-electron chi connectivity index (χ0n) is 12.4. The lowest BCUT2D eigenvalue weighted by Crippen LogP contribution is -2.23. The van der Waals surface area contributed by atoms with Crippen LogP contribution in [0.4, 0.5) is 0 Å². The minimum absolute atomic E-state index is 0.296. The molecule has 5 nitrogen and oxygen atoms in total. The van der Waals surface area contributed by atoms with Gasteiger partial charge in [0.2, 0.25) is 0 Å². The van der Waals surface area contributed by atoms with E-state index >= 15 is 0 Å². The molecule has 1 N–H and O–H groups in total. The van der Waals surface area contributed by atoms with Gasteiger partial charge < -0.3 is 9.88 Å². The van der Waals surface area contributed by atoms with Crippen molar-refractivity contribution < 1.29 is 4.79 Å². The highest BCUT2D eigenvalue weighted by Gasteiger charge is 2.11. The van der Waals surface area contributed by atoms with E-state index in [2.05, 4.69) is 41.2 Å². The van der Waals surface area contributed by atoms with Gasteiger partial charge in [0.25, 0.3) is 5.91 Å². The van der Waals surface area contributed by atoms with Crippen molar-refractivity contribution in [2.75, 3.05) is 0 Å². The van der Waals surface area contributed by atoms with Crippen LogP contribution in [-0.2, 0) is 18.4 Å². The van der Waals surface area contributed by atoms with Crippen molar-refractivity contribution in [2.24, 2.45) is 7.05 Å². The molecule has 2 rings (SSSR count). The summed E-state index contributed by atoms with van der Waals surface area (Å²) in [5.74, 6) is 6.96. The van der Waals surface area contributed by atoms with Crippen LogP contribution in [0.5, 0.6) is 0 Å². The molecular weight excluding hydrogens is 264 g/mol. The quantitative estimate of drug-likeness (QED) is 0.870. The number of aromatic nitrogens is 3. The summed E-state index contributed by atoms with van der Waals surface area (Å²) in [5, 5.41) is 10.9. The average Bonchev–Trinajstić information content (AvgIpc) is 2.85. The lowest BCUT2D eigenvalue weighted by molar-refractivity contribution is -0.115. The van der Waals surface area contributed by atoms with E-state index < -0.39 is 0 Å². The van der Waals surface area contributed by atoms with Gasteiger partial charge in [0.05, 0.1) is 6.54 Å². The first-order chi connectivity index (χ1) is 10.1. The Morgan fingerprint density at radius 3 is 2.62 bits per heavy atom. The van der Waals surface area contributed by atoms with Crippen LogP contribution in [0.25, 0.3) is 0 Å². The molecule has 108 valence electrons. The zero-order chi connectivity index (χ0) is 15.2. The van der Waals surface area contributed by atoms with Crippen LogP contribution in [-0.4, -0.2) is 20.7 Å². The molecule has 0 aliphatic heterocycles. The fourth-order valence-electron chi connectivity index (χ4n) is 1.89. The topological polar surface area (TPSA) is 59.8 Å². The number of nitrogens with zero attached hydrogens (tertiary/aromatic N) is 3. The summed E-state index contributed by atoms with van der Waals surface area (Å²) in [6.45, 7) is 4.42. The highest BCUT2D eigenvalue weighted by Crippen LogP contribution is 2.11. The molecule has 0 atom stereocenters. The summed E-state index contributed by atoms with van der Waals surface area (Å²) < 4.78 is 1.90. The van der Waals surface area contributed by atoms with Gasteiger partial charge in [0.1, 0.15) is 5.82 Å². The van der Waals surface area contributed by atoms with Crippen LogP contribution >= 0.6 is 0 Å². The Morgan fingerprint density at radius 2 is 2.00 bits per heavy atom. The van der Waals surface area contributed by atoms with Gasteiger partial charge in [-0.05, 0) is 12.1 Å². The molecule has 5 heteroatoms. The van der Waals surface area contributed by atoms with Crippen LogP contribution in [0.1, 0.15) is 37.0 Å². The maximum absolute atomic E-state index is 11.7. The smallest absolute Gasteiger partial charge is 0.296 e. The Kier molecular flexibility index (Phi) is 4.72. The maximum Gasteiger partial charge on any atom is 0.296 e. The van der Waals surface area contributed by atoms with Crippen LogP contribution < -0.4 is 5.32 Å². The second-order valence-electron chi connectivity index (χ2n) is 4.99. The Labute approximate surface area is 124 Å². The van der Waals surface area contributed by atoms with Crippen molar-refractivity contribution in [1.29, 1.82) is 0 Å². The highest BCUT2D eigenvalue weighted by atomic mass is 16.1. The Bertz CT molecular complexity index is 677. The maximum atomic E-state index is 11.7. The first kappa shape index (κ1) is 14.8. The van der Waals surface area contributed by atoms with Crippen molar-refractivity contribution >= 4 is 5.91 Å². The monoisotopic (exact) mass is 282 g/mol. The Balaban J connectivity index is 1.95. The number of nitrogens with one attached hydrogen (secondary N) is 1. The fourth-order valence-corrected chi connectivity index (χ4v) is 1.89. The number of rotatable bonds is 3. The largest absolute Gasteiger partial charge is 0.338 e. The number of hydrogen-bond donors (Lipinski definition) is 1. The van der Waals surface area contributed by atoms with Crippen molar-refractivity contribution in [3.05, 3.63) is 47.5 Å². The Hall–Kier alpha value is -2.61. The van der Waals surface area contributed by atoms with E-state index in [4.69, 9.17) is 0 Å². The fraction of sp³-hybridized carbons (Fsp3) is 0.312. The minimum atomic E-state index is -0.326. The summed E-state index contributed by atoms with van der Waals surface area (Å²) in [4.78, 5) is 11.7. The van der Waals surface area contributed by atoms with E-state index in [9.17, 15) is 4.79 Å². The van der Waals surface area contributed by atoms with Gasteiger partial charge in [0.15, 0.2) is 5.82 Å². The van der Waals surface area contributed by atoms with Crippen LogP contribution in [0, 0.1) is 11.8 Å². The number of amides is 1. The van der Waals surface area contributed by atoms with Gasteiger partial charge >= 0.3 is 0 Å². The van der Waals surface area contributed by atoms with Gasteiger partial charge in [-0.1, -0.05) is 38.0 Å². The average molecular weight is 282 g/mol. The highest BCUT2D eigenvalue weighted by molar-refractivity contribution is 5.93. The molecule has 0 spiro atoms. The molecule has 1 amide bonds. The molecule has 0 saturated heterocycles. The van der Waals surface area contributed by atoms with E-state index in [1.54, 1.807) is 0 Å². The predicted molar refractivity (Wildman–Crippen MR) is 80.3 cm³/mol. The van der Waals surface area contributed by atoms with Crippen LogP contribution in [0.3, 0.4) is 0 Å². The number of hydrogen-bond acceptors (Lipinski definition) is 3. The second-order valence-corrected chi connectivity index (χ2v) is 4.99.